The Bertz CT molecular complexity index is 1130. The summed E-state index contributed by atoms with van der Waals surface area (Å²) in [4.78, 5) is 27.3. The van der Waals surface area contributed by atoms with Crippen molar-refractivity contribution in [1.29, 1.82) is 0 Å². The van der Waals surface area contributed by atoms with Crippen molar-refractivity contribution in [3.63, 3.8) is 0 Å². The first kappa shape index (κ1) is 28.7. The highest BCUT2D eigenvalue weighted by Gasteiger charge is 2.28. The van der Waals surface area contributed by atoms with E-state index in [2.05, 4.69) is 5.32 Å². The SMILES string of the molecule is CCC(C(=O)NC)N(Cc1ccc(Cl)cc1Cl)C(=O)CCCN(c1ccc(OC)cc1)S(C)(=O)=O. The minimum absolute atomic E-state index is 0.0425. The monoisotopic (exact) mass is 543 g/mol. The van der Waals surface area contributed by atoms with Gasteiger partial charge in [-0.3, -0.25) is 13.9 Å². The lowest BCUT2D eigenvalue weighted by Gasteiger charge is -2.31. The molecule has 0 aliphatic rings. The van der Waals surface area contributed by atoms with Crippen molar-refractivity contribution in [3.8, 4) is 5.75 Å². The topological polar surface area (TPSA) is 96.0 Å². The molecule has 0 saturated heterocycles. The zero-order chi connectivity index (χ0) is 26.2. The van der Waals surface area contributed by atoms with Gasteiger partial charge in [0.2, 0.25) is 21.8 Å². The van der Waals surface area contributed by atoms with Crippen LogP contribution >= 0.6 is 23.2 Å². The van der Waals surface area contributed by atoms with Gasteiger partial charge in [0.1, 0.15) is 11.8 Å². The van der Waals surface area contributed by atoms with Crippen molar-refractivity contribution in [3.05, 3.63) is 58.1 Å². The normalized spacial score (nSPS) is 12.1. The van der Waals surface area contributed by atoms with Gasteiger partial charge in [0.25, 0.3) is 0 Å². The lowest BCUT2D eigenvalue weighted by Crippen LogP contribution is -2.48. The average Bonchev–Trinajstić information content (AvgIpc) is 2.82. The molecular formula is C24H31Cl2N3O5S. The van der Waals surface area contributed by atoms with Gasteiger partial charge in [0.15, 0.2) is 0 Å². The van der Waals surface area contributed by atoms with Crippen LogP contribution in [0.15, 0.2) is 42.5 Å². The molecule has 0 aliphatic heterocycles. The summed E-state index contributed by atoms with van der Waals surface area (Å²) in [6.07, 6.45) is 1.82. The summed E-state index contributed by atoms with van der Waals surface area (Å²) in [7, 11) is -0.535. The van der Waals surface area contributed by atoms with Gasteiger partial charge in [-0.25, -0.2) is 8.42 Å². The Hall–Kier alpha value is -2.49. The molecule has 8 nitrogen and oxygen atoms in total. The van der Waals surface area contributed by atoms with Gasteiger partial charge in [-0.15, -0.1) is 0 Å². The van der Waals surface area contributed by atoms with Gasteiger partial charge in [-0.2, -0.15) is 0 Å². The largest absolute Gasteiger partial charge is 0.497 e. The van der Waals surface area contributed by atoms with Crippen molar-refractivity contribution >= 4 is 50.7 Å². The van der Waals surface area contributed by atoms with Crippen LogP contribution in [0.5, 0.6) is 5.75 Å². The van der Waals surface area contributed by atoms with Crippen LogP contribution in [0.2, 0.25) is 10.0 Å². The second-order valence-corrected chi connectivity index (χ2v) is 10.7. The Balaban J connectivity index is 2.21. The molecule has 0 aromatic heterocycles. The van der Waals surface area contributed by atoms with E-state index in [4.69, 9.17) is 27.9 Å². The molecule has 0 saturated carbocycles. The van der Waals surface area contributed by atoms with E-state index >= 15 is 0 Å². The van der Waals surface area contributed by atoms with Crippen LogP contribution in [0, 0.1) is 0 Å². The summed E-state index contributed by atoms with van der Waals surface area (Å²) in [6, 6.07) is 10.9. The van der Waals surface area contributed by atoms with Crippen LogP contribution in [0.1, 0.15) is 31.7 Å². The average molecular weight is 545 g/mol. The molecule has 0 radical (unpaired) electrons. The first-order valence-corrected chi connectivity index (χ1v) is 13.7. The van der Waals surface area contributed by atoms with E-state index in [-0.39, 0.29) is 37.7 Å². The van der Waals surface area contributed by atoms with E-state index in [1.807, 2.05) is 6.92 Å². The number of sulfonamides is 1. The molecule has 0 spiro atoms. The number of carbonyl (C=O) groups excluding carboxylic acids is 2. The number of halogens is 2. The second kappa shape index (κ2) is 13.0. The van der Waals surface area contributed by atoms with Gasteiger partial charge in [-0.1, -0.05) is 36.2 Å². The molecule has 0 fully saturated rings. The van der Waals surface area contributed by atoms with Crippen LogP contribution in [0.25, 0.3) is 0 Å². The Kier molecular flexibility index (Phi) is 10.7. The first-order chi connectivity index (χ1) is 16.5. The molecular weight excluding hydrogens is 513 g/mol. The lowest BCUT2D eigenvalue weighted by atomic mass is 10.1. The Labute approximate surface area is 217 Å². The second-order valence-electron chi connectivity index (χ2n) is 7.93. The first-order valence-electron chi connectivity index (χ1n) is 11.1. The fraction of sp³-hybridized carbons (Fsp3) is 0.417. The van der Waals surface area contributed by atoms with E-state index < -0.39 is 16.1 Å². The molecule has 1 unspecified atom stereocenters. The minimum atomic E-state index is -3.58. The molecule has 192 valence electrons. The van der Waals surface area contributed by atoms with E-state index in [0.29, 0.717) is 33.5 Å². The number of hydrogen-bond acceptors (Lipinski definition) is 5. The third-order valence-corrected chi connectivity index (χ3v) is 7.28. The van der Waals surface area contributed by atoms with Gasteiger partial charge in [-0.05, 0) is 54.8 Å². The minimum Gasteiger partial charge on any atom is -0.497 e. The maximum atomic E-state index is 13.3. The number of hydrogen-bond donors (Lipinski definition) is 1. The Morgan fingerprint density at radius 1 is 1.11 bits per heavy atom. The molecule has 2 aromatic rings. The number of nitrogens with zero attached hydrogens (tertiary/aromatic N) is 2. The summed E-state index contributed by atoms with van der Waals surface area (Å²) in [5, 5.41) is 3.46. The van der Waals surface area contributed by atoms with Gasteiger partial charge in [0.05, 0.1) is 19.1 Å². The molecule has 0 heterocycles. The smallest absolute Gasteiger partial charge is 0.242 e. The van der Waals surface area contributed by atoms with Crippen molar-refractivity contribution in [1.82, 2.24) is 10.2 Å². The third-order valence-electron chi connectivity index (χ3n) is 5.50. The molecule has 2 aromatic carbocycles. The van der Waals surface area contributed by atoms with E-state index in [1.54, 1.807) is 42.5 Å². The van der Waals surface area contributed by atoms with E-state index in [9.17, 15) is 18.0 Å². The number of carbonyl (C=O) groups is 2. The number of anilines is 1. The molecule has 2 rings (SSSR count). The maximum Gasteiger partial charge on any atom is 0.242 e. The third kappa shape index (κ3) is 8.02. The highest BCUT2D eigenvalue weighted by molar-refractivity contribution is 7.92. The van der Waals surface area contributed by atoms with Crippen molar-refractivity contribution < 1.29 is 22.7 Å². The zero-order valence-electron chi connectivity index (χ0n) is 20.3. The van der Waals surface area contributed by atoms with Gasteiger partial charge in [0, 0.05) is 36.6 Å². The molecule has 0 bridgehead atoms. The highest BCUT2D eigenvalue weighted by Crippen LogP contribution is 2.25. The summed E-state index contributed by atoms with van der Waals surface area (Å²) < 4.78 is 31.2. The molecule has 0 aliphatic carbocycles. The van der Waals surface area contributed by atoms with Crippen LogP contribution in [-0.4, -0.2) is 58.1 Å². The quantitative estimate of drug-likeness (QED) is 0.434. The number of nitrogens with one attached hydrogen (secondary N) is 1. The predicted molar refractivity (Wildman–Crippen MR) is 140 cm³/mol. The standard InChI is InChI=1S/C24H31Cl2N3O5S/c1-5-22(24(31)27-2)28(16-17-8-9-18(25)15-21(17)26)23(30)7-6-14-29(35(4,32)33)19-10-12-20(34-3)13-11-19/h8-13,15,22H,5-7,14,16H2,1-4H3,(H,27,31). The van der Waals surface area contributed by atoms with Crippen molar-refractivity contribution in [2.75, 3.05) is 31.3 Å². The van der Waals surface area contributed by atoms with Crippen LogP contribution < -0.4 is 14.4 Å². The van der Waals surface area contributed by atoms with Crippen molar-refractivity contribution in [2.45, 2.75) is 38.8 Å². The number of benzene rings is 2. The molecule has 11 heteroatoms. The lowest BCUT2D eigenvalue weighted by molar-refractivity contribution is -0.141. The Morgan fingerprint density at radius 3 is 2.29 bits per heavy atom. The molecule has 1 atom stereocenters. The Morgan fingerprint density at radius 2 is 1.77 bits per heavy atom. The fourth-order valence-electron chi connectivity index (χ4n) is 3.67. The number of rotatable bonds is 12. The molecule has 2 amide bonds. The number of ether oxygens (including phenoxy) is 1. The predicted octanol–water partition coefficient (Wildman–Crippen LogP) is 4.10. The van der Waals surface area contributed by atoms with Gasteiger partial charge < -0.3 is 15.0 Å². The number of amides is 2. The zero-order valence-corrected chi connectivity index (χ0v) is 22.6. The van der Waals surface area contributed by atoms with Crippen molar-refractivity contribution in [2.24, 2.45) is 0 Å². The summed E-state index contributed by atoms with van der Waals surface area (Å²) in [5.41, 5.74) is 1.13. The highest BCUT2D eigenvalue weighted by atomic mass is 35.5. The summed E-state index contributed by atoms with van der Waals surface area (Å²) >= 11 is 12.3. The van der Waals surface area contributed by atoms with Crippen LogP contribution in [0.4, 0.5) is 5.69 Å². The summed E-state index contributed by atoms with van der Waals surface area (Å²) in [5.74, 6) is 0.0327. The summed E-state index contributed by atoms with van der Waals surface area (Å²) in [6.45, 7) is 2.04. The van der Waals surface area contributed by atoms with Crippen LogP contribution in [-0.2, 0) is 26.2 Å². The molecule has 35 heavy (non-hydrogen) atoms. The fourth-order valence-corrected chi connectivity index (χ4v) is 5.11. The van der Waals surface area contributed by atoms with Crippen LogP contribution in [0.3, 0.4) is 0 Å². The molecule has 1 N–H and O–H groups in total. The maximum absolute atomic E-state index is 13.3. The van der Waals surface area contributed by atoms with E-state index in [0.717, 1.165) is 6.26 Å². The van der Waals surface area contributed by atoms with E-state index in [1.165, 1.54) is 23.4 Å². The number of methoxy groups -OCH3 is 1. The van der Waals surface area contributed by atoms with Gasteiger partial charge >= 0.3 is 0 Å². The number of likely N-dealkylation sites (N-methyl/N-ethyl adjacent to an activating group) is 1.